The Kier molecular flexibility index (Phi) is 6.77. The van der Waals surface area contributed by atoms with Crippen LogP contribution < -0.4 is 5.32 Å². The van der Waals surface area contributed by atoms with Gasteiger partial charge in [-0.05, 0) is 50.8 Å². The summed E-state index contributed by atoms with van der Waals surface area (Å²) in [5.41, 5.74) is 5.00. The zero-order valence-electron chi connectivity index (χ0n) is 21.6. The van der Waals surface area contributed by atoms with Gasteiger partial charge < -0.3 is 14.8 Å². The van der Waals surface area contributed by atoms with E-state index in [1.165, 1.54) is 0 Å². The molecule has 188 valence electrons. The van der Waals surface area contributed by atoms with E-state index in [1.54, 1.807) is 4.68 Å². The van der Waals surface area contributed by atoms with Crippen molar-refractivity contribution in [1.82, 2.24) is 19.7 Å². The van der Waals surface area contributed by atoms with Gasteiger partial charge in [0.15, 0.2) is 11.6 Å². The fraction of sp³-hybridized carbons (Fsp3) is 0.414. The highest BCUT2D eigenvalue weighted by molar-refractivity contribution is 5.81. The van der Waals surface area contributed by atoms with E-state index in [1.807, 2.05) is 70.7 Å². The Morgan fingerprint density at radius 1 is 1.14 bits per heavy atom. The van der Waals surface area contributed by atoms with E-state index in [2.05, 4.69) is 29.1 Å². The summed E-state index contributed by atoms with van der Waals surface area (Å²) in [6, 6.07) is 8.35. The van der Waals surface area contributed by atoms with Crippen molar-refractivity contribution >= 4 is 11.4 Å². The van der Waals surface area contributed by atoms with E-state index < -0.39 is 5.79 Å². The summed E-state index contributed by atoms with van der Waals surface area (Å²) in [5, 5.41) is 8.06. The molecular weight excluding hydrogens is 450 g/mol. The first-order chi connectivity index (χ1) is 17.4. The quantitative estimate of drug-likeness (QED) is 0.431. The van der Waals surface area contributed by atoms with Crippen molar-refractivity contribution in [1.29, 1.82) is 0 Å². The van der Waals surface area contributed by atoms with E-state index in [9.17, 15) is 0 Å². The lowest BCUT2D eigenvalue weighted by atomic mass is 10.0. The van der Waals surface area contributed by atoms with Crippen molar-refractivity contribution in [2.45, 2.75) is 70.5 Å². The monoisotopic (exact) mass is 485 g/mol. The number of benzene rings is 1. The number of hydrogen-bond donors (Lipinski definition) is 1. The second-order valence-corrected chi connectivity index (χ2v) is 10.1. The Bertz CT molecular complexity index is 1280. The standard InChI is InChI=1S/C29H35N5O2/c1-6-19(7-2)23-17-30-27(21-12-10-11-20(15-21)22-16-31-34(5)18-22)33-28(23)32-24-13-8-9-14-25-26(24)36-29(3,4)35-25/h6-7,10-12,15-18,24-26H,1,8-9,13-14H2,2-5H3,(H,30,32,33)/b19-7+/t24-,25+,26-/m0/s1. The number of aryl methyl sites for hydroxylation is 1. The number of allylic oxidation sites excluding steroid dienone is 3. The molecule has 0 spiro atoms. The Hall–Kier alpha value is -3.29. The van der Waals surface area contributed by atoms with Crippen LogP contribution in [0.1, 0.15) is 52.0 Å². The number of ether oxygens (including phenoxy) is 2. The number of nitrogens with one attached hydrogen (secondary N) is 1. The molecule has 1 saturated heterocycles. The molecule has 36 heavy (non-hydrogen) atoms. The average Bonchev–Trinajstić information content (AvgIpc) is 3.39. The van der Waals surface area contributed by atoms with Gasteiger partial charge in [0.25, 0.3) is 0 Å². The van der Waals surface area contributed by atoms with Gasteiger partial charge in [-0.3, -0.25) is 4.68 Å². The summed E-state index contributed by atoms with van der Waals surface area (Å²) < 4.78 is 14.4. The van der Waals surface area contributed by atoms with Crippen molar-refractivity contribution in [2.75, 3.05) is 5.32 Å². The maximum absolute atomic E-state index is 6.38. The SMILES string of the molecule is C=C/C(=C\C)c1cnc(-c2cccc(-c3cnn(C)c3)c2)nc1N[C@H]1CCCC[C@H]2OC(C)(C)O[C@@H]12. The maximum Gasteiger partial charge on any atom is 0.163 e. The minimum atomic E-state index is -0.575. The van der Waals surface area contributed by atoms with Gasteiger partial charge in [0, 0.05) is 36.1 Å². The van der Waals surface area contributed by atoms with Crippen LogP contribution in [0.25, 0.3) is 28.1 Å². The van der Waals surface area contributed by atoms with Crippen LogP contribution in [0.3, 0.4) is 0 Å². The third-order valence-electron chi connectivity index (χ3n) is 6.98. The van der Waals surface area contributed by atoms with Gasteiger partial charge in [-0.2, -0.15) is 5.10 Å². The summed E-state index contributed by atoms with van der Waals surface area (Å²) in [7, 11) is 1.92. The summed E-state index contributed by atoms with van der Waals surface area (Å²) in [6.45, 7) is 10.0. The zero-order valence-corrected chi connectivity index (χ0v) is 21.6. The molecule has 1 N–H and O–H groups in total. The first-order valence-electron chi connectivity index (χ1n) is 12.7. The Morgan fingerprint density at radius 2 is 1.94 bits per heavy atom. The molecule has 0 bridgehead atoms. The first kappa shape index (κ1) is 24.4. The van der Waals surface area contributed by atoms with Gasteiger partial charge in [-0.1, -0.05) is 49.8 Å². The van der Waals surface area contributed by atoms with Crippen LogP contribution in [-0.4, -0.2) is 43.8 Å². The van der Waals surface area contributed by atoms with Crippen molar-refractivity contribution < 1.29 is 9.47 Å². The number of nitrogens with zero attached hydrogens (tertiary/aromatic N) is 4. The Balaban J connectivity index is 1.52. The molecule has 7 nitrogen and oxygen atoms in total. The summed E-state index contributed by atoms with van der Waals surface area (Å²) in [5.74, 6) is 0.883. The topological polar surface area (TPSA) is 74.1 Å². The molecule has 3 atom stereocenters. The number of anilines is 1. The largest absolute Gasteiger partial charge is 0.364 e. The maximum atomic E-state index is 6.38. The number of fused-ring (bicyclic) bond motifs is 1. The second kappa shape index (κ2) is 9.99. The molecule has 5 rings (SSSR count). The Morgan fingerprint density at radius 3 is 2.69 bits per heavy atom. The smallest absolute Gasteiger partial charge is 0.163 e. The predicted molar refractivity (Wildman–Crippen MR) is 143 cm³/mol. The van der Waals surface area contributed by atoms with Crippen molar-refractivity contribution in [3.05, 3.63) is 67.2 Å². The highest BCUT2D eigenvalue weighted by Gasteiger charge is 2.46. The van der Waals surface area contributed by atoms with E-state index in [4.69, 9.17) is 19.4 Å². The minimum absolute atomic E-state index is 0.0274. The number of hydrogen-bond acceptors (Lipinski definition) is 6. The highest BCUT2D eigenvalue weighted by Crippen LogP contribution is 2.38. The number of aromatic nitrogens is 4. The molecular formula is C29H35N5O2. The molecule has 0 radical (unpaired) electrons. The third-order valence-corrected chi connectivity index (χ3v) is 6.98. The third kappa shape index (κ3) is 4.99. The lowest BCUT2D eigenvalue weighted by molar-refractivity contribution is -0.148. The van der Waals surface area contributed by atoms with Crippen LogP contribution in [0.2, 0.25) is 0 Å². The molecule has 2 aliphatic rings. The molecule has 7 heteroatoms. The van der Waals surface area contributed by atoms with E-state index in [0.29, 0.717) is 5.82 Å². The van der Waals surface area contributed by atoms with Gasteiger partial charge >= 0.3 is 0 Å². The van der Waals surface area contributed by atoms with Crippen LogP contribution in [0.15, 0.2) is 61.6 Å². The lowest BCUT2D eigenvalue weighted by Gasteiger charge is -2.27. The molecule has 0 unspecified atom stereocenters. The van der Waals surface area contributed by atoms with Crippen LogP contribution in [0.4, 0.5) is 5.82 Å². The molecule has 0 amide bonds. The van der Waals surface area contributed by atoms with E-state index in [-0.39, 0.29) is 18.2 Å². The fourth-order valence-corrected chi connectivity index (χ4v) is 5.27. The number of rotatable bonds is 6. The molecule has 1 aromatic carbocycles. The van der Waals surface area contributed by atoms with Crippen LogP contribution >= 0.6 is 0 Å². The molecule has 1 aliphatic carbocycles. The molecule has 1 saturated carbocycles. The van der Waals surface area contributed by atoms with Crippen molar-refractivity contribution in [3.8, 4) is 22.5 Å². The fourth-order valence-electron chi connectivity index (χ4n) is 5.27. The zero-order chi connectivity index (χ0) is 25.3. The van der Waals surface area contributed by atoms with Gasteiger partial charge in [0.2, 0.25) is 0 Å². The van der Waals surface area contributed by atoms with E-state index in [0.717, 1.165) is 59.3 Å². The van der Waals surface area contributed by atoms with Crippen LogP contribution in [0, 0.1) is 0 Å². The molecule has 3 heterocycles. The van der Waals surface area contributed by atoms with Gasteiger partial charge in [-0.25, -0.2) is 9.97 Å². The summed E-state index contributed by atoms with van der Waals surface area (Å²) >= 11 is 0. The Labute approximate surface area is 213 Å². The van der Waals surface area contributed by atoms with Crippen LogP contribution in [0.5, 0.6) is 0 Å². The predicted octanol–water partition coefficient (Wildman–Crippen LogP) is 6.01. The minimum Gasteiger partial charge on any atom is -0.364 e. The van der Waals surface area contributed by atoms with Gasteiger partial charge in [0.1, 0.15) is 11.9 Å². The average molecular weight is 486 g/mol. The van der Waals surface area contributed by atoms with Gasteiger partial charge in [0.05, 0.1) is 18.3 Å². The molecule has 2 aromatic heterocycles. The molecule has 3 aromatic rings. The summed E-state index contributed by atoms with van der Waals surface area (Å²) in [4.78, 5) is 9.80. The summed E-state index contributed by atoms with van der Waals surface area (Å²) in [6.07, 6.45) is 14.0. The first-order valence-corrected chi connectivity index (χ1v) is 12.7. The van der Waals surface area contributed by atoms with Crippen molar-refractivity contribution in [3.63, 3.8) is 0 Å². The molecule has 2 fully saturated rings. The lowest BCUT2D eigenvalue weighted by Crippen LogP contribution is -2.39. The van der Waals surface area contributed by atoms with Crippen LogP contribution in [-0.2, 0) is 16.5 Å². The normalized spacial score (nSPS) is 23.7. The highest BCUT2D eigenvalue weighted by atomic mass is 16.8. The van der Waals surface area contributed by atoms with E-state index >= 15 is 0 Å². The van der Waals surface area contributed by atoms with Gasteiger partial charge in [-0.15, -0.1) is 0 Å². The molecule has 1 aliphatic heterocycles. The second-order valence-electron chi connectivity index (χ2n) is 10.1. The van der Waals surface area contributed by atoms with Crippen molar-refractivity contribution in [2.24, 2.45) is 7.05 Å².